The lowest BCUT2D eigenvalue weighted by Gasteiger charge is -2.11. The summed E-state index contributed by atoms with van der Waals surface area (Å²) < 4.78 is 0. The fraction of sp³-hybridized carbons (Fsp3) is 0.286. The van der Waals surface area contributed by atoms with Crippen LogP contribution in [0.25, 0.3) is 0 Å². The van der Waals surface area contributed by atoms with Crippen LogP contribution in [0.2, 0.25) is 0 Å². The molecule has 1 aromatic carbocycles. The van der Waals surface area contributed by atoms with Gasteiger partial charge in [0.25, 0.3) is 0 Å². The van der Waals surface area contributed by atoms with E-state index in [0.29, 0.717) is 16.5 Å². The van der Waals surface area contributed by atoms with Gasteiger partial charge < -0.3 is 10.4 Å². The highest BCUT2D eigenvalue weighted by Crippen LogP contribution is 2.22. The van der Waals surface area contributed by atoms with E-state index in [4.69, 9.17) is 0 Å². The first kappa shape index (κ1) is 13.8. The molecule has 0 unspecified atom stereocenters. The van der Waals surface area contributed by atoms with Crippen molar-refractivity contribution in [2.75, 3.05) is 11.6 Å². The standard InChI is InChI=1S/C14H17N3OS/c1-9-4-5-12(6-10(9)2)16-13-11(8-18)7-15-14(17-13)19-3/h4-7,18H,8H2,1-3H3,(H,15,16,17). The average molecular weight is 275 g/mol. The van der Waals surface area contributed by atoms with Gasteiger partial charge in [0.2, 0.25) is 0 Å². The summed E-state index contributed by atoms with van der Waals surface area (Å²) in [6.45, 7) is 4.07. The van der Waals surface area contributed by atoms with Crippen LogP contribution in [0.15, 0.2) is 29.6 Å². The van der Waals surface area contributed by atoms with Crippen molar-refractivity contribution in [2.24, 2.45) is 0 Å². The van der Waals surface area contributed by atoms with E-state index in [9.17, 15) is 5.11 Å². The van der Waals surface area contributed by atoms with Crippen LogP contribution < -0.4 is 5.32 Å². The van der Waals surface area contributed by atoms with Gasteiger partial charge in [-0.1, -0.05) is 17.8 Å². The molecule has 0 saturated carbocycles. The zero-order chi connectivity index (χ0) is 13.8. The van der Waals surface area contributed by atoms with Crippen LogP contribution in [-0.2, 0) is 6.61 Å². The summed E-state index contributed by atoms with van der Waals surface area (Å²) in [6, 6.07) is 6.13. The molecule has 100 valence electrons. The Morgan fingerprint density at radius 1 is 1.26 bits per heavy atom. The third-order valence-electron chi connectivity index (χ3n) is 2.97. The molecule has 0 spiro atoms. The van der Waals surface area contributed by atoms with Crippen LogP contribution in [0.5, 0.6) is 0 Å². The number of aryl methyl sites for hydroxylation is 2. The fourth-order valence-corrected chi connectivity index (χ4v) is 2.01. The van der Waals surface area contributed by atoms with Crippen molar-refractivity contribution in [2.45, 2.75) is 25.6 Å². The number of aromatic nitrogens is 2. The van der Waals surface area contributed by atoms with Crippen LogP contribution in [0, 0.1) is 13.8 Å². The second-order valence-electron chi connectivity index (χ2n) is 4.31. The second-order valence-corrected chi connectivity index (χ2v) is 5.09. The lowest BCUT2D eigenvalue weighted by molar-refractivity contribution is 0.281. The number of nitrogens with one attached hydrogen (secondary N) is 1. The summed E-state index contributed by atoms with van der Waals surface area (Å²) in [4.78, 5) is 8.54. The number of nitrogens with zero attached hydrogens (tertiary/aromatic N) is 2. The minimum atomic E-state index is -0.0815. The molecule has 0 bridgehead atoms. The quantitative estimate of drug-likeness (QED) is 0.663. The summed E-state index contributed by atoms with van der Waals surface area (Å²) in [5.74, 6) is 0.658. The summed E-state index contributed by atoms with van der Waals surface area (Å²) in [5, 5.41) is 13.3. The van der Waals surface area contributed by atoms with E-state index in [1.807, 2.05) is 12.3 Å². The van der Waals surface area contributed by atoms with Crippen LogP contribution >= 0.6 is 11.8 Å². The minimum Gasteiger partial charge on any atom is -0.391 e. The molecule has 0 aliphatic rings. The average Bonchev–Trinajstić information content (AvgIpc) is 2.43. The Morgan fingerprint density at radius 2 is 2.05 bits per heavy atom. The van der Waals surface area contributed by atoms with Gasteiger partial charge in [-0.05, 0) is 43.4 Å². The maximum atomic E-state index is 9.33. The van der Waals surface area contributed by atoms with E-state index in [1.54, 1.807) is 6.20 Å². The molecule has 4 nitrogen and oxygen atoms in total. The molecule has 1 aromatic heterocycles. The van der Waals surface area contributed by atoms with Crippen molar-refractivity contribution in [3.05, 3.63) is 41.1 Å². The predicted molar refractivity (Wildman–Crippen MR) is 78.9 cm³/mol. The highest BCUT2D eigenvalue weighted by atomic mass is 32.2. The van der Waals surface area contributed by atoms with Gasteiger partial charge in [0.05, 0.1) is 6.61 Å². The molecule has 0 aliphatic heterocycles. The van der Waals surface area contributed by atoms with E-state index in [0.717, 1.165) is 5.69 Å². The van der Waals surface area contributed by atoms with Crippen LogP contribution in [0.3, 0.4) is 0 Å². The largest absolute Gasteiger partial charge is 0.391 e. The lowest BCUT2D eigenvalue weighted by atomic mass is 10.1. The molecule has 2 N–H and O–H groups in total. The molecule has 0 radical (unpaired) electrons. The molecule has 2 rings (SSSR count). The number of benzene rings is 1. The zero-order valence-electron chi connectivity index (χ0n) is 11.3. The smallest absolute Gasteiger partial charge is 0.189 e. The van der Waals surface area contributed by atoms with Gasteiger partial charge in [0.1, 0.15) is 5.82 Å². The van der Waals surface area contributed by atoms with E-state index in [-0.39, 0.29) is 6.61 Å². The number of anilines is 2. The Morgan fingerprint density at radius 3 is 2.68 bits per heavy atom. The molecular weight excluding hydrogens is 258 g/mol. The third-order valence-corrected chi connectivity index (χ3v) is 3.53. The van der Waals surface area contributed by atoms with E-state index in [1.165, 1.54) is 22.9 Å². The predicted octanol–water partition coefficient (Wildman–Crippen LogP) is 3.05. The van der Waals surface area contributed by atoms with Gasteiger partial charge in [-0.25, -0.2) is 9.97 Å². The number of aliphatic hydroxyl groups is 1. The van der Waals surface area contributed by atoms with Crippen molar-refractivity contribution in [1.29, 1.82) is 0 Å². The number of hydrogen-bond donors (Lipinski definition) is 2. The summed E-state index contributed by atoms with van der Waals surface area (Å²) in [7, 11) is 0. The van der Waals surface area contributed by atoms with Crippen molar-refractivity contribution < 1.29 is 5.11 Å². The SMILES string of the molecule is CSc1ncc(CO)c(Nc2ccc(C)c(C)c2)n1. The Kier molecular flexibility index (Phi) is 4.39. The molecule has 0 aliphatic carbocycles. The maximum absolute atomic E-state index is 9.33. The van der Waals surface area contributed by atoms with E-state index >= 15 is 0 Å². The first-order valence-corrected chi connectivity index (χ1v) is 7.21. The number of aliphatic hydroxyl groups excluding tert-OH is 1. The Bertz CT molecular complexity index is 587. The normalized spacial score (nSPS) is 10.5. The van der Waals surface area contributed by atoms with E-state index < -0.39 is 0 Å². The van der Waals surface area contributed by atoms with Crippen molar-refractivity contribution >= 4 is 23.3 Å². The summed E-state index contributed by atoms with van der Waals surface area (Å²) in [6.07, 6.45) is 3.58. The molecule has 1 heterocycles. The summed E-state index contributed by atoms with van der Waals surface area (Å²) >= 11 is 1.47. The first-order chi connectivity index (χ1) is 9.13. The first-order valence-electron chi connectivity index (χ1n) is 5.99. The topological polar surface area (TPSA) is 58.0 Å². The molecule has 0 amide bonds. The Hall–Kier alpha value is -1.59. The van der Waals surface area contributed by atoms with Gasteiger partial charge >= 0.3 is 0 Å². The molecule has 0 fully saturated rings. The highest BCUT2D eigenvalue weighted by molar-refractivity contribution is 7.98. The second kappa shape index (κ2) is 6.04. The monoisotopic (exact) mass is 275 g/mol. The van der Waals surface area contributed by atoms with Gasteiger partial charge in [-0.2, -0.15) is 0 Å². The molecule has 0 atom stereocenters. The maximum Gasteiger partial charge on any atom is 0.189 e. The van der Waals surface area contributed by atoms with Gasteiger partial charge in [-0.3, -0.25) is 0 Å². The summed E-state index contributed by atoms with van der Waals surface area (Å²) in [5.41, 5.74) is 4.12. The number of rotatable bonds is 4. The van der Waals surface area contributed by atoms with E-state index in [2.05, 4.69) is 41.3 Å². The van der Waals surface area contributed by atoms with Gasteiger partial charge in [0.15, 0.2) is 5.16 Å². The number of hydrogen-bond acceptors (Lipinski definition) is 5. The lowest BCUT2D eigenvalue weighted by Crippen LogP contribution is -2.02. The molecule has 5 heteroatoms. The van der Waals surface area contributed by atoms with Crippen molar-refractivity contribution in [1.82, 2.24) is 9.97 Å². The van der Waals surface area contributed by atoms with Crippen molar-refractivity contribution in [3.8, 4) is 0 Å². The zero-order valence-corrected chi connectivity index (χ0v) is 12.1. The molecule has 2 aromatic rings. The van der Waals surface area contributed by atoms with Crippen LogP contribution in [-0.4, -0.2) is 21.3 Å². The van der Waals surface area contributed by atoms with Crippen LogP contribution in [0.4, 0.5) is 11.5 Å². The third kappa shape index (κ3) is 3.24. The molecule has 0 saturated heterocycles. The fourth-order valence-electron chi connectivity index (χ4n) is 1.67. The molecule has 19 heavy (non-hydrogen) atoms. The molecular formula is C14H17N3OS. The van der Waals surface area contributed by atoms with Gasteiger partial charge in [-0.15, -0.1) is 0 Å². The number of thioether (sulfide) groups is 1. The highest BCUT2D eigenvalue weighted by Gasteiger charge is 2.07. The van der Waals surface area contributed by atoms with Crippen LogP contribution in [0.1, 0.15) is 16.7 Å². The van der Waals surface area contributed by atoms with Crippen molar-refractivity contribution in [3.63, 3.8) is 0 Å². The van der Waals surface area contributed by atoms with Gasteiger partial charge in [0, 0.05) is 17.4 Å². The Balaban J connectivity index is 2.33. The minimum absolute atomic E-state index is 0.0815. The Labute approximate surface area is 117 Å².